The van der Waals surface area contributed by atoms with E-state index in [2.05, 4.69) is 38.5 Å². The van der Waals surface area contributed by atoms with E-state index in [4.69, 9.17) is 11.6 Å². The number of hydrogen-bond acceptors (Lipinski definition) is 5. The average Bonchev–Trinajstić information content (AvgIpc) is 3.00. The van der Waals surface area contributed by atoms with Crippen molar-refractivity contribution in [2.24, 2.45) is 18.9 Å². The lowest BCUT2D eigenvalue weighted by Gasteiger charge is -2.18. The summed E-state index contributed by atoms with van der Waals surface area (Å²) < 4.78 is 15.4. The SMILES string of the molecule is Cc1cc(CN2C[C@@H]3C(Nc4ccc(-c5cc(F)ccc5Cl)nn4)[C@@H]3C2)nn1C. The van der Waals surface area contributed by atoms with Crippen molar-refractivity contribution in [3.05, 3.63) is 58.6 Å². The van der Waals surface area contributed by atoms with Crippen molar-refractivity contribution in [3.8, 4) is 11.3 Å². The Kier molecular flexibility index (Phi) is 4.52. The Bertz CT molecular complexity index is 1020. The van der Waals surface area contributed by atoms with Crippen LogP contribution in [0.1, 0.15) is 11.4 Å². The molecule has 3 aromatic rings. The van der Waals surface area contributed by atoms with Crippen LogP contribution in [0.25, 0.3) is 11.3 Å². The van der Waals surface area contributed by atoms with Crippen molar-refractivity contribution in [1.82, 2.24) is 24.9 Å². The van der Waals surface area contributed by atoms with Gasteiger partial charge in [0.25, 0.3) is 0 Å². The second-order valence-corrected chi connectivity index (χ2v) is 8.43. The Morgan fingerprint density at radius 2 is 1.93 bits per heavy atom. The minimum Gasteiger partial charge on any atom is -0.365 e. The van der Waals surface area contributed by atoms with Gasteiger partial charge in [-0.1, -0.05) is 11.6 Å². The second kappa shape index (κ2) is 7.07. The van der Waals surface area contributed by atoms with Gasteiger partial charge in [0, 0.05) is 44.0 Å². The number of benzene rings is 1. The molecular weight excluding hydrogens is 391 g/mol. The molecule has 2 aliphatic rings. The summed E-state index contributed by atoms with van der Waals surface area (Å²) >= 11 is 6.15. The fraction of sp³-hybridized carbons (Fsp3) is 0.381. The molecule has 1 aromatic carbocycles. The van der Waals surface area contributed by atoms with Crippen LogP contribution in [0.15, 0.2) is 36.4 Å². The number of aromatic nitrogens is 4. The molecule has 3 atom stereocenters. The Morgan fingerprint density at radius 1 is 1.14 bits per heavy atom. The fourth-order valence-electron chi connectivity index (χ4n) is 4.32. The van der Waals surface area contributed by atoms with Crippen LogP contribution in [0.2, 0.25) is 5.02 Å². The van der Waals surface area contributed by atoms with Gasteiger partial charge in [0.1, 0.15) is 11.6 Å². The molecule has 1 saturated heterocycles. The normalized spacial score (nSPS) is 23.2. The lowest BCUT2D eigenvalue weighted by molar-refractivity contribution is 0.288. The predicted octanol–water partition coefficient (Wildman–Crippen LogP) is 3.52. The average molecular weight is 413 g/mol. The van der Waals surface area contributed by atoms with E-state index in [1.807, 2.05) is 23.9 Å². The van der Waals surface area contributed by atoms with Crippen LogP contribution in [0.3, 0.4) is 0 Å². The van der Waals surface area contributed by atoms with Gasteiger partial charge in [0.2, 0.25) is 0 Å². The third kappa shape index (κ3) is 3.60. The molecule has 0 amide bonds. The summed E-state index contributed by atoms with van der Waals surface area (Å²) in [5.74, 6) is 1.68. The summed E-state index contributed by atoms with van der Waals surface area (Å²) in [6, 6.07) is 10.5. The molecule has 3 heterocycles. The molecule has 8 heteroatoms. The first-order valence-electron chi connectivity index (χ1n) is 9.75. The van der Waals surface area contributed by atoms with Crippen molar-refractivity contribution in [2.75, 3.05) is 18.4 Å². The first-order valence-corrected chi connectivity index (χ1v) is 10.1. The zero-order valence-corrected chi connectivity index (χ0v) is 17.1. The van der Waals surface area contributed by atoms with Crippen molar-refractivity contribution in [2.45, 2.75) is 19.5 Å². The standard InChI is InChI=1S/C21H22ClFN6/c1-12-7-14(27-28(12)2)9-29-10-16-17(11-29)21(16)24-20-6-5-19(25-26-20)15-8-13(23)3-4-18(15)22/h3-8,16-17,21H,9-11H2,1-2H3,(H,24,26)/t16-,17+,21?. The summed E-state index contributed by atoms with van der Waals surface area (Å²) in [5.41, 5.74) is 3.43. The molecule has 2 fully saturated rings. The minimum atomic E-state index is -0.343. The molecule has 0 radical (unpaired) electrons. The van der Waals surface area contributed by atoms with Gasteiger partial charge in [-0.15, -0.1) is 10.2 Å². The molecule has 1 aliphatic heterocycles. The van der Waals surface area contributed by atoms with Crippen LogP contribution in [0, 0.1) is 24.6 Å². The number of nitrogens with one attached hydrogen (secondary N) is 1. The van der Waals surface area contributed by atoms with Crippen molar-refractivity contribution < 1.29 is 4.39 Å². The number of hydrogen-bond donors (Lipinski definition) is 1. The Hall–Kier alpha value is -2.51. The van der Waals surface area contributed by atoms with Crippen LogP contribution >= 0.6 is 11.6 Å². The molecule has 1 unspecified atom stereocenters. The smallest absolute Gasteiger partial charge is 0.148 e. The molecule has 5 rings (SSSR count). The van der Waals surface area contributed by atoms with E-state index in [1.54, 1.807) is 0 Å². The number of fused-ring (bicyclic) bond motifs is 1. The Morgan fingerprint density at radius 3 is 2.59 bits per heavy atom. The Balaban J connectivity index is 1.18. The van der Waals surface area contributed by atoms with Crippen LogP contribution in [0.5, 0.6) is 0 Å². The summed E-state index contributed by atoms with van der Waals surface area (Å²) in [6.07, 6.45) is 0. The predicted molar refractivity (Wildman–Crippen MR) is 110 cm³/mol. The third-order valence-corrected chi connectivity index (χ3v) is 6.33. The highest BCUT2D eigenvalue weighted by molar-refractivity contribution is 6.33. The van der Waals surface area contributed by atoms with E-state index >= 15 is 0 Å². The highest BCUT2D eigenvalue weighted by Crippen LogP contribution is 2.47. The monoisotopic (exact) mass is 412 g/mol. The number of halogens is 2. The molecule has 1 aliphatic carbocycles. The number of likely N-dealkylation sites (tertiary alicyclic amines) is 1. The van der Waals surface area contributed by atoms with Crippen LogP contribution in [-0.4, -0.2) is 44.0 Å². The molecule has 0 bridgehead atoms. The maximum atomic E-state index is 13.5. The molecule has 150 valence electrons. The topological polar surface area (TPSA) is 58.9 Å². The summed E-state index contributed by atoms with van der Waals surface area (Å²) in [4.78, 5) is 2.47. The number of piperidine rings is 1. The van der Waals surface area contributed by atoms with Crippen LogP contribution < -0.4 is 5.32 Å². The molecule has 1 N–H and O–H groups in total. The summed E-state index contributed by atoms with van der Waals surface area (Å²) in [7, 11) is 1.98. The van der Waals surface area contributed by atoms with Gasteiger partial charge < -0.3 is 5.32 Å². The highest BCUT2D eigenvalue weighted by atomic mass is 35.5. The lowest BCUT2D eigenvalue weighted by Crippen LogP contribution is -2.28. The lowest BCUT2D eigenvalue weighted by atomic mass is 10.1. The van der Waals surface area contributed by atoms with E-state index in [1.165, 1.54) is 23.9 Å². The van der Waals surface area contributed by atoms with E-state index in [9.17, 15) is 4.39 Å². The molecule has 0 spiro atoms. The quantitative estimate of drug-likeness (QED) is 0.694. The van der Waals surface area contributed by atoms with Crippen LogP contribution in [-0.2, 0) is 13.6 Å². The van der Waals surface area contributed by atoms with Crippen molar-refractivity contribution in [1.29, 1.82) is 0 Å². The molecule has 1 saturated carbocycles. The van der Waals surface area contributed by atoms with Crippen molar-refractivity contribution in [3.63, 3.8) is 0 Å². The van der Waals surface area contributed by atoms with E-state index in [-0.39, 0.29) is 5.82 Å². The molecule has 2 aromatic heterocycles. The first kappa shape index (κ1) is 18.5. The number of aryl methyl sites for hydroxylation is 2. The Labute approximate surface area is 173 Å². The first-order chi connectivity index (χ1) is 14.0. The van der Waals surface area contributed by atoms with Crippen LogP contribution in [0.4, 0.5) is 10.2 Å². The van der Waals surface area contributed by atoms with E-state index in [0.717, 1.165) is 31.1 Å². The van der Waals surface area contributed by atoms with Gasteiger partial charge in [0.15, 0.2) is 0 Å². The van der Waals surface area contributed by atoms with Gasteiger partial charge in [-0.3, -0.25) is 9.58 Å². The van der Waals surface area contributed by atoms with E-state index in [0.29, 0.717) is 34.2 Å². The number of rotatable bonds is 5. The van der Waals surface area contributed by atoms with Gasteiger partial charge in [-0.25, -0.2) is 4.39 Å². The summed E-state index contributed by atoms with van der Waals surface area (Å²) in [6.45, 7) is 5.13. The second-order valence-electron chi connectivity index (χ2n) is 8.02. The van der Waals surface area contributed by atoms with Gasteiger partial charge in [0.05, 0.1) is 16.4 Å². The molecular formula is C21H22ClFN6. The number of nitrogens with zero attached hydrogens (tertiary/aromatic N) is 5. The van der Waals surface area contributed by atoms with Gasteiger partial charge in [-0.05, 0) is 55.2 Å². The van der Waals surface area contributed by atoms with Gasteiger partial charge in [-0.2, -0.15) is 5.10 Å². The molecule has 29 heavy (non-hydrogen) atoms. The number of anilines is 1. The summed E-state index contributed by atoms with van der Waals surface area (Å²) in [5, 5.41) is 17.0. The fourth-order valence-corrected chi connectivity index (χ4v) is 4.53. The maximum absolute atomic E-state index is 13.5. The zero-order valence-electron chi connectivity index (χ0n) is 16.3. The van der Waals surface area contributed by atoms with Gasteiger partial charge >= 0.3 is 0 Å². The minimum absolute atomic E-state index is 0.343. The largest absolute Gasteiger partial charge is 0.365 e. The third-order valence-electron chi connectivity index (χ3n) is 6.00. The zero-order chi connectivity index (χ0) is 20.1. The molecule has 6 nitrogen and oxygen atoms in total. The van der Waals surface area contributed by atoms with Crippen molar-refractivity contribution >= 4 is 17.4 Å². The maximum Gasteiger partial charge on any atom is 0.148 e. The highest BCUT2D eigenvalue weighted by Gasteiger charge is 2.55. The van der Waals surface area contributed by atoms with E-state index < -0.39 is 0 Å².